The quantitative estimate of drug-likeness (QED) is 0.868. The Hall–Kier alpha value is -1.68. The first-order valence-electron chi connectivity index (χ1n) is 4.78. The van der Waals surface area contributed by atoms with Crippen LogP contribution in [-0.2, 0) is 6.61 Å². The van der Waals surface area contributed by atoms with E-state index in [0.717, 1.165) is 5.39 Å². The van der Waals surface area contributed by atoms with Crippen molar-refractivity contribution >= 4 is 10.8 Å². The van der Waals surface area contributed by atoms with Crippen LogP contribution in [0.3, 0.4) is 0 Å². The number of aliphatic hydroxyl groups is 1. The molecule has 0 radical (unpaired) electrons. The molecule has 2 aromatic carbocycles. The van der Waals surface area contributed by atoms with Crippen LogP contribution in [0, 0.1) is 0 Å². The van der Waals surface area contributed by atoms with Gasteiger partial charge in [0.15, 0.2) is 0 Å². The molecule has 84 valence electrons. The van der Waals surface area contributed by atoms with E-state index < -0.39 is 6.61 Å². The van der Waals surface area contributed by atoms with E-state index in [1.54, 1.807) is 30.3 Å². The van der Waals surface area contributed by atoms with E-state index in [9.17, 15) is 8.78 Å². The molecule has 0 saturated carbocycles. The topological polar surface area (TPSA) is 29.5 Å². The average molecular weight is 224 g/mol. The molecule has 0 bridgehead atoms. The molecule has 0 heterocycles. The Kier molecular flexibility index (Phi) is 3.01. The zero-order chi connectivity index (χ0) is 11.5. The average Bonchev–Trinajstić information content (AvgIpc) is 2.29. The van der Waals surface area contributed by atoms with Gasteiger partial charge in [-0.1, -0.05) is 30.3 Å². The second-order valence-corrected chi connectivity index (χ2v) is 3.31. The Morgan fingerprint density at radius 3 is 2.38 bits per heavy atom. The van der Waals surface area contributed by atoms with Crippen LogP contribution in [0.4, 0.5) is 8.78 Å². The lowest BCUT2D eigenvalue weighted by Crippen LogP contribution is -2.02. The van der Waals surface area contributed by atoms with Crippen molar-refractivity contribution < 1.29 is 18.6 Å². The number of rotatable bonds is 3. The number of ether oxygens (including phenoxy) is 1. The Labute approximate surface area is 91.1 Å². The van der Waals surface area contributed by atoms with Crippen molar-refractivity contribution in [2.45, 2.75) is 13.2 Å². The number of fused-ring (bicyclic) bond motifs is 1. The van der Waals surface area contributed by atoms with Gasteiger partial charge in [-0.3, -0.25) is 0 Å². The zero-order valence-electron chi connectivity index (χ0n) is 8.36. The highest BCUT2D eigenvalue weighted by Gasteiger charge is 2.09. The van der Waals surface area contributed by atoms with E-state index in [4.69, 9.17) is 5.11 Å². The molecule has 0 aliphatic rings. The molecule has 0 atom stereocenters. The van der Waals surface area contributed by atoms with E-state index in [2.05, 4.69) is 4.74 Å². The fraction of sp³-hybridized carbons (Fsp3) is 0.167. The molecule has 0 spiro atoms. The molecule has 16 heavy (non-hydrogen) atoms. The molecule has 0 aliphatic heterocycles. The third kappa shape index (κ3) is 1.97. The van der Waals surface area contributed by atoms with Crippen molar-refractivity contribution in [1.82, 2.24) is 0 Å². The molecule has 2 nitrogen and oxygen atoms in total. The van der Waals surface area contributed by atoms with E-state index in [1.165, 1.54) is 6.07 Å². The van der Waals surface area contributed by atoms with E-state index >= 15 is 0 Å². The summed E-state index contributed by atoms with van der Waals surface area (Å²) < 4.78 is 28.7. The fourth-order valence-electron chi connectivity index (χ4n) is 1.67. The fourth-order valence-corrected chi connectivity index (χ4v) is 1.67. The Balaban J connectivity index is 2.60. The molecule has 0 aliphatic carbocycles. The van der Waals surface area contributed by atoms with Crippen LogP contribution < -0.4 is 4.74 Å². The number of benzene rings is 2. The molecular formula is C12H10F2O2. The highest BCUT2D eigenvalue weighted by Crippen LogP contribution is 2.29. The van der Waals surface area contributed by atoms with Gasteiger partial charge in [0.2, 0.25) is 0 Å². The second kappa shape index (κ2) is 4.45. The SMILES string of the molecule is OCc1ccc(OC(F)F)c2ccccc12. The Bertz CT molecular complexity index is 497. The summed E-state index contributed by atoms with van der Waals surface area (Å²) in [6.45, 7) is -2.97. The number of halogens is 2. The smallest absolute Gasteiger partial charge is 0.387 e. The summed E-state index contributed by atoms with van der Waals surface area (Å²) in [6.07, 6.45) is 0. The molecule has 0 amide bonds. The first-order valence-corrected chi connectivity index (χ1v) is 4.78. The molecule has 0 saturated heterocycles. The maximum atomic E-state index is 12.2. The second-order valence-electron chi connectivity index (χ2n) is 3.31. The number of alkyl halides is 2. The predicted molar refractivity (Wildman–Crippen MR) is 56.5 cm³/mol. The number of hydrogen-bond acceptors (Lipinski definition) is 2. The molecule has 0 fully saturated rings. The summed E-state index contributed by atoms with van der Waals surface area (Å²) in [5, 5.41) is 10.4. The van der Waals surface area contributed by atoms with Crippen molar-refractivity contribution in [1.29, 1.82) is 0 Å². The number of aliphatic hydroxyl groups excluding tert-OH is 1. The minimum absolute atomic E-state index is 0.128. The van der Waals surface area contributed by atoms with Gasteiger partial charge in [0, 0.05) is 5.39 Å². The molecule has 4 heteroatoms. The third-order valence-corrected chi connectivity index (χ3v) is 2.36. The monoisotopic (exact) mass is 224 g/mol. The van der Waals surface area contributed by atoms with Crippen LogP contribution in [0.5, 0.6) is 5.75 Å². The van der Waals surface area contributed by atoms with Gasteiger partial charge in [0.05, 0.1) is 6.61 Å². The van der Waals surface area contributed by atoms with Gasteiger partial charge in [0.1, 0.15) is 5.75 Å². The van der Waals surface area contributed by atoms with Gasteiger partial charge in [-0.25, -0.2) is 0 Å². The first-order chi connectivity index (χ1) is 7.72. The summed E-state index contributed by atoms with van der Waals surface area (Å²) in [6, 6.07) is 10.0. The van der Waals surface area contributed by atoms with Crippen LogP contribution in [0.1, 0.15) is 5.56 Å². The van der Waals surface area contributed by atoms with Gasteiger partial charge in [-0.15, -0.1) is 0 Å². The highest BCUT2D eigenvalue weighted by molar-refractivity contribution is 5.90. The normalized spacial score (nSPS) is 11.0. The van der Waals surface area contributed by atoms with Crippen LogP contribution in [0.15, 0.2) is 36.4 Å². The lowest BCUT2D eigenvalue weighted by atomic mass is 10.0. The van der Waals surface area contributed by atoms with E-state index in [-0.39, 0.29) is 12.4 Å². The minimum atomic E-state index is -2.84. The Morgan fingerprint density at radius 2 is 1.75 bits per heavy atom. The summed E-state index contributed by atoms with van der Waals surface area (Å²) >= 11 is 0. The van der Waals surface area contributed by atoms with Crippen LogP contribution in [0.2, 0.25) is 0 Å². The molecule has 0 unspecified atom stereocenters. The largest absolute Gasteiger partial charge is 0.434 e. The van der Waals surface area contributed by atoms with Gasteiger partial charge in [0.25, 0.3) is 0 Å². The van der Waals surface area contributed by atoms with Crippen molar-refractivity contribution in [3.05, 3.63) is 42.0 Å². The minimum Gasteiger partial charge on any atom is -0.434 e. The standard InChI is InChI=1S/C12H10F2O2/c13-12(14)16-11-6-5-8(7-15)9-3-1-2-4-10(9)11/h1-6,12,15H,7H2. The molecule has 2 aromatic rings. The van der Waals surface area contributed by atoms with Gasteiger partial charge in [-0.05, 0) is 17.0 Å². The van der Waals surface area contributed by atoms with Gasteiger partial charge < -0.3 is 9.84 Å². The maximum absolute atomic E-state index is 12.2. The lowest BCUT2D eigenvalue weighted by molar-refractivity contribution is -0.0488. The third-order valence-electron chi connectivity index (χ3n) is 2.36. The van der Waals surface area contributed by atoms with Crippen molar-refractivity contribution in [3.8, 4) is 5.75 Å². The first kappa shape index (κ1) is 10.8. The highest BCUT2D eigenvalue weighted by atomic mass is 19.3. The summed E-state index contributed by atoms with van der Waals surface area (Å²) in [4.78, 5) is 0. The van der Waals surface area contributed by atoms with Crippen molar-refractivity contribution in [2.24, 2.45) is 0 Å². The van der Waals surface area contributed by atoms with Crippen molar-refractivity contribution in [2.75, 3.05) is 0 Å². The van der Waals surface area contributed by atoms with Crippen LogP contribution in [0.25, 0.3) is 10.8 Å². The van der Waals surface area contributed by atoms with Gasteiger partial charge >= 0.3 is 6.61 Å². The summed E-state index contributed by atoms with van der Waals surface area (Å²) in [5.41, 5.74) is 0.692. The summed E-state index contributed by atoms with van der Waals surface area (Å²) in [7, 11) is 0. The van der Waals surface area contributed by atoms with Gasteiger partial charge in [-0.2, -0.15) is 8.78 Å². The van der Waals surface area contributed by atoms with Crippen LogP contribution in [-0.4, -0.2) is 11.7 Å². The lowest BCUT2D eigenvalue weighted by Gasteiger charge is -2.10. The summed E-state index contributed by atoms with van der Waals surface area (Å²) in [5.74, 6) is 0.128. The molecule has 2 rings (SSSR count). The van der Waals surface area contributed by atoms with E-state index in [0.29, 0.717) is 10.9 Å². The Morgan fingerprint density at radius 1 is 1.06 bits per heavy atom. The molecule has 0 aromatic heterocycles. The molecule has 1 N–H and O–H groups in total. The van der Waals surface area contributed by atoms with Crippen molar-refractivity contribution in [3.63, 3.8) is 0 Å². The van der Waals surface area contributed by atoms with E-state index in [1.807, 2.05) is 0 Å². The predicted octanol–water partition coefficient (Wildman–Crippen LogP) is 2.93. The zero-order valence-corrected chi connectivity index (χ0v) is 8.36. The maximum Gasteiger partial charge on any atom is 0.387 e. The van der Waals surface area contributed by atoms with Crippen LogP contribution >= 0.6 is 0 Å². The number of hydrogen-bond donors (Lipinski definition) is 1. The molecular weight excluding hydrogens is 214 g/mol.